The van der Waals surface area contributed by atoms with E-state index in [1.165, 1.54) is 17.3 Å². The summed E-state index contributed by atoms with van der Waals surface area (Å²) in [7, 11) is 1.74. The van der Waals surface area contributed by atoms with Crippen molar-refractivity contribution in [2.75, 3.05) is 26.5 Å². The van der Waals surface area contributed by atoms with Gasteiger partial charge in [-0.25, -0.2) is 4.98 Å². The first-order valence-electron chi connectivity index (χ1n) is 8.48. The molecule has 0 bridgehead atoms. The minimum atomic E-state index is -0.167. The van der Waals surface area contributed by atoms with Crippen molar-refractivity contribution in [1.82, 2.24) is 14.9 Å². The molecule has 0 aliphatic carbocycles. The van der Waals surface area contributed by atoms with Gasteiger partial charge >= 0.3 is 0 Å². The Morgan fingerprint density at radius 2 is 1.96 bits per heavy atom. The van der Waals surface area contributed by atoms with Gasteiger partial charge in [-0.05, 0) is 38.7 Å². The van der Waals surface area contributed by atoms with Crippen LogP contribution in [-0.2, 0) is 11.2 Å². The molecule has 1 aromatic carbocycles. The molecular weight excluding hydrogens is 350 g/mol. The molecule has 1 aromatic heterocycles. The van der Waals surface area contributed by atoms with Gasteiger partial charge in [-0.2, -0.15) is 0 Å². The molecule has 1 amide bonds. The van der Waals surface area contributed by atoms with E-state index >= 15 is 0 Å². The van der Waals surface area contributed by atoms with Crippen LogP contribution < -0.4 is 10.3 Å². The predicted octanol–water partition coefficient (Wildman–Crippen LogP) is 2.58. The number of carbonyl (C=O) groups is 1. The highest BCUT2D eigenvalue weighted by Crippen LogP contribution is 2.12. The SMILES string of the molecule is CSc1nc(C)c(CCC(=O)N(C)CCOc2ccc(C)cc2)c(=O)[nH]1. The number of aryl methyl sites for hydroxylation is 2. The third kappa shape index (κ3) is 5.62. The maximum atomic E-state index is 12.3. The number of carbonyl (C=O) groups excluding carboxylic acids is 1. The standard InChI is InChI=1S/C19H25N3O3S/c1-13-5-7-15(8-6-13)25-12-11-22(3)17(23)10-9-16-14(2)20-19(26-4)21-18(16)24/h5-8H,9-12H2,1-4H3,(H,20,21,24). The van der Waals surface area contributed by atoms with Gasteiger partial charge in [0.2, 0.25) is 5.91 Å². The van der Waals surface area contributed by atoms with E-state index in [1.54, 1.807) is 18.9 Å². The van der Waals surface area contributed by atoms with Crippen molar-refractivity contribution in [3.63, 3.8) is 0 Å². The van der Waals surface area contributed by atoms with Crippen LogP contribution in [-0.4, -0.2) is 47.2 Å². The smallest absolute Gasteiger partial charge is 0.254 e. The third-order valence-corrected chi connectivity index (χ3v) is 4.70. The molecule has 140 valence electrons. The highest BCUT2D eigenvalue weighted by molar-refractivity contribution is 7.98. The van der Waals surface area contributed by atoms with Gasteiger partial charge in [0.15, 0.2) is 5.16 Å². The fourth-order valence-corrected chi connectivity index (χ4v) is 2.88. The zero-order valence-electron chi connectivity index (χ0n) is 15.7. The molecule has 2 aromatic rings. The van der Waals surface area contributed by atoms with Gasteiger partial charge in [0.1, 0.15) is 12.4 Å². The number of aromatic amines is 1. The number of aromatic nitrogens is 2. The zero-order valence-corrected chi connectivity index (χ0v) is 16.5. The van der Waals surface area contributed by atoms with Crippen LogP contribution >= 0.6 is 11.8 Å². The Kier molecular flexibility index (Phi) is 7.26. The van der Waals surface area contributed by atoms with Gasteiger partial charge < -0.3 is 14.6 Å². The number of ether oxygens (including phenoxy) is 1. The van der Waals surface area contributed by atoms with Gasteiger partial charge in [-0.15, -0.1) is 0 Å². The number of rotatable bonds is 8. The number of amides is 1. The molecule has 0 saturated heterocycles. The van der Waals surface area contributed by atoms with Crippen LogP contribution in [0.3, 0.4) is 0 Å². The van der Waals surface area contributed by atoms with Crippen molar-refractivity contribution in [2.45, 2.75) is 31.8 Å². The van der Waals surface area contributed by atoms with Gasteiger partial charge in [-0.1, -0.05) is 29.5 Å². The van der Waals surface area contributed by atoms with Crippen LogP contribution in [0.4, 0.5) is 0 Å². The summed E-state index contributed by atoms with van der Waals surface area (Å²) < 4.78 is 5.65. The largest absolute Gasteiger partial charge is 0.492 e. The first-order valence-corrected chi connectivity index (χ1v) is 9.70. The van der Waals surface area contributed by atoms with Gasteiger partial charge in [-0.3, -0.25) is 9.59 Å². The second kappa shape index (κ2) is 9.43. The first kappa shape index (κ1) is 20.0. The van der Waals surface area contributed by atoms with Crippen LogP contribution in [0.2, 0.25) is 0 Å². The number of nitrogens with one attached hydrogen (secondary N) is 1. The Morgan fingerprint density at radius 1 is 1.27 bits per heavy atom. The molecule has 7 heteroatoms. The van der Waals surface area contributed by atoms with Gasteiger partial charge in [0.05, 0.1) is 6.54 Å². The summed E-state index contributed by atoms with van der Waals surface area (Å²) in [5.41, 5.74) is 2.26. The van der Waals surface area contributed by atoms with E-state index in [1.807, 2.05) is 37.4 Å². The van der Waals surface area contributed by atoms with Crippen LogP contribution in [0.15, 0.2) is 34.2 Å². The summed E-state index contributed by atoms with van der Waals surface area (Å²) >= 11 is 1.39. The molecule has 0 saturated carbocycles. The number of benzene rings is 1. The lowest BCUT2D eigenvalue weighted by atomic mass is 10.1. The molecule has 26 heavy (non-hydrogen) atoms. The summed E-state index contributed by atoms with van der Waals surface area (Å²) in [6.45, 7) is 4.74. The molecule has 0 aliphatic heterocycles. The molecule has 2 rings (SSSR count). The van der Waals surface area contributed by atoms with Crippen molar-refractivity contribution in [2.24, 2.45) is 0 Å². The Hall–Kier alpha value is -2.28. The fraction of sp³-hybridized carbons (Fsp3) is 0.421. The number of nitrogens with zero attached hydrogens (tertiary/aromatic N) is 2. The lowest BCUT2D eigenvalue weighted by molar-refractivity contribution is -0.130. The minimum Gasteiger partial charge on any atom is -0.492 e. The van der Waals surface area contributed by atoms with E-state index in [0.29, 0.717) is 36.0 Å². The van der Waals surface area contributed by atoms with Crippen LogP contribution in [0.1, 0.15) is 23.2 Å². The fourth-order valence-electron chi connectivity index (χ4n) is 2.46. The first-order chi connectivity index (χ1) is 12.4. The summed E-state index contributed by atoms with van der Waals surface area (Å²) in [4.78, 5) is 33.1. The highest BCUT2D eigenvalue weighted by atomic mass is 32.2. The second-order valence-corrected chi connectivity index (χ2v) is 6.91. The number of likely N-dealkylation sites (N-methyl/N-ethyl adjacent to an activating group) is 1. The number of thioether (sulfide) groups is 1. The topological polar surface area (TPSA) is 75.3 Å². The van der Waals surface area contributed by atoms with E-state index in [0.717, 1.165) is 5.75 Å². The molecule has 0 spiro atoms. The summed E-state index contributed by atoms with van der Waals surface area (Å²) in [5.74, 6) is 0.767. The van der Waals surface area contributed by atoms with Crippen molar-refractivity contribution >= 4 is 17.7 Å². The molecule has 0 radical (unpaired) electrons. The molecular formula is C19H25N3O3S. The summed E-state index contributed by atoms with van der Waals surface area (Å²) in [5, 5.41) is 0.591. The van der Waals surface area contributed by atoms with E-state index in [9.17, 15) is 9.59 Å². The zero-order chi connectivity index (χ0) is 19.1. The van der Waals surface area contributed by atoms with Gasteiger partial charge in [0, 0.05) is 24.7 Å². The van der Waals surface area contributed by atoms with E-state index in [-0.39, 0.29) is 17.9 Å². The summed E-state index contributed by atoms with van der Waals surface area (Å²) in [6.07, 6.45) is 2.50. The Labute approximate surface area is 158 Å². The molecule has 0 aliphatic rings. The van der Waals surface area contributed by atoms with E-state index in [4.69, 9.17) is 4.74 Å². The Balaban J connectivity index is 1.82. The van der Waals surface area contributed by atoms with E-state index in [2.05, 4.69) is 9.97 Å². The summed E-state index contributed by atoms with van der Waals surface area (Å²) in [6, 6.07) is 7.80. The molecule has 6 nitrogen and oxygen atoms in total. The normalized spacial score (nSPS) is 10.6. The lowest BCUT2D eigenvalue weighted by Gasteiger charge is -2.17. The lowest BCUT2D eigenvalue weighted by Crippen LogP contribution is -2.31. The van der Waals surface area contributed by atoms with Crippen molar-refractivity contribution in [1.29, 1.82) is 0 Å². The maximum absolute atomic E-state index is 12.3. The second-order valence-electron chi connectivity index (χ2n) is 6.12. The van der Waals surface area contributed by atoms with Crippen LogP contribution in [0.5, 0.6) is 5.75 Å². The minimum absolute atomic E-state index is 0.0229. The highest BCUT2D eigenvalue weighted by Gasteiger charge is 2.13. The molecule has 0 unspecified atom stereocenters. The Bertz CT molecular complexity index is 803. The van der Waals surface area contributed by atoms with Crippen LogP contribution in [0, 0.1) is 13.8 Å². The van der Waals surface area contributed by atoms with Gasteiger partial charge in [0.25, 0.3) is 5.56 Å². The average molecular weight is 375 g/mol. The number of H-pyrrole nitrogens is 1. The number of hydrogen-bond acceptors (Lipinski definition) is 5. The monoisotopic (exact) mass is 375 g/mol. The molecule has 1 heterocycles. The van der Waals surface area contributed by atoms with Crippen molar-refractivity contribution in [3.05, 3.63) is 51.4 Å². The molecule has 0 atom stereocenters. The predicted molar refractivity (Wildman–Crippen MR) is 104 cm³/mol. The average Bonchev–Trinajstić information content (AvgIpc) is 2.62. The molecule has 1 N–H and O–H groups in total. The third-order valence-electron chi connectivity index (χ3n) is 4.12. The van der Waals surface area contributed by atoms with Crippen molar-refractivity contribution in [3.8, 4) is 5.75 Å². The quantitative estimate of drug-likeness (QED) is 0.567. The number of hydrogen-bond donors (Lipinski definition) is 1. The van der Waals surface area contributed by atoms with Crippen molar-refractivity contribution < 1.29 is 9.53 Å². The van der Waals surface area contributed by atoms with Crippen LogP contribution in [0.25, 0.3) is 0 Å². The maximum Gasteiger partial charge on any atom is 0.254 e. The van der Waals surface area contributed by atoms with E-state index < -0.39 is 0 Å². The molecule has 0 fully saturated rings. The Morgan fingerprint density at radius 3 is 2.58 bits per heavy atom.